The first-order chi connectivity index (χ1) is 6.92. The van der Waals surface area contributed by atoms with Crippen LogP contribution in [0.2, 0.25) is 0 Å². The van der Waals surface area contributed by atoms with Crippen LogP contribution in [0, 0.1) is 5.92 Å². The largest absolute Gasteiger partial charge is 0.0770 e. The second-order valence-electron chi connectivity index (χ2n) is 3.77. The monoisotopic (exact) mass is 184 g/mol. The molecule has 1 aliphatic rings. The molecule has 1 unspecified atom stereocenters. The molecule has 0 bridgehead atoms. The van der Waals surface area contributed by atoms with Crippen molar-refractivity contribution >= 4 is 0 Å². The quantitative estimate of drug-likeness (QED) is 0.668. The Morgan fingerprint density at radius 3 is 2.29 bits per heavy atom. The Balaban J connectivity index is 2.21. The molecular formula is C14H16. The van der Waals surface area contributed by atoms with E-state index in [4.69, 9.17) is 0 Å². The van der Waals surface area contributed by atoms with Gasteiger partial charge < -0.3 is 0 Å². The van der Waals surface area contributed by atoms with Crippen LogP contribution >= 0.6 is 0 Å². The fourth-order valence-electron chi connectivity index (χ4n) is 2.15. The van der Waals surface area contributed by atoms with Crippen molar-refractivity contribution in [1.82, 2.24) is 0 Å². The Morgan fingerprint density at radius 1 is 1.07 bits per heavy atom. The number of allylic oxidation sites excluding steroid dienone is 4. The van der Waals surface area contributed by atoms with E-state index in [0.29, 0.717) is 11.8 Å². The maximum Gasteiger partial charge on any atom is 0.00214 e. The number of rotatable bonds is 3. The first-order valence-electron chi connectivity index (χ1n) is 5.31. The highest BCUT2D eigenvalue weighted by atomic mass is 14.2. The Hall–Kier alpha value is -1.30. The van der Waals surface area contributed by atoms with Crippen LogP contribution < -0.4 is 0 Å². The van der Waals surface area contributed by atoms with E-state index in [2.05, 4.69) is 61.6 Å². The van der Waals surface area contributed by atoms with Crippen molar-refractivity contribution in [2.45, 2.75) is 19.3 Å². The van der Waals surface area contributed by atoms with Gasteiger partial charge in [-0.1, -0.05) is 61.6 Å². The maximum atomic E-state index is 2.29. The van der Waals surface area contributed by atoms with Gasteiger partial charge in [-0.05, 0) is 17.9 Å². The van der Waals surface area contributed by atoms with Crippen molar-refractivity contribution in [3.63, 3.8) is 0 Å². The topological polar surface area (TPSA) is 0 Å². The predicted octanol–water partition coefficient (Wildman–Crippen LogP) is 3.92. The maximum absolute atomic E-state index is 2.29. The summed E-state index contributed by atoms with van der Waals surface area (Å²) in [5.41, 5.74) is 1.45. The number of benzene rings is 1. The Kier molecular flexibility index (Phi) is 2.83. The summed E-state index contributed by atoms with van der Waals surface area (Å²) in [6, 6.07) is 10.8. The van der Waals surface area contributed by atoms with Gasteiger partial charge >= 0.3 is 0 Å². The lowest BCUT2D eigenvalue weighted by atomic mass is 9.85. The van der Waals surface area contributed by atoms with Gasteiger partial charge in [-0.2, -0.15) is 0 Å². The smallest absolute Gasteiger partial charge is 0.00214 e. The van der Waals surface area contributed by atoms with Gasteiger partial charge in [-0.25, -0.2) is 0 Å². The molecule has 1 aromatic carbocycles. The van der Waals surface area contributed by atoms with E-state index >= 15 is 0 Å². The molecule has 14 heavy (non-hydrogen) atoms. The minimum Gasteiger partial charge on any atom is -0.0770 e. The van der Waals surface area contributed by atoms with Gasteiger partial charge in [0, 0.05) is 5.92 Å². The summed E-state index contributed by atoms with van der Waals surface area (Å²) in [7, 11) is 0. The van der Waals surface area contributed by atoms with Crippen LogP contribution in [0.15, 0.2) is 54.6 Å². The van der Waals surface area contributed by atoms with E-state index in [-0.39, 0.29) is 0 Å². The van der Waals surface area contributed by atoms with Crippen LogP contribution in [0.25, 0.3) is 0 Å². The Labute approximate surface area is 86.0 Å². The van der Waals surface area contributed by atoms with Gasteiger partial charge in [0.2, 0.25) is 0 Å². The molecule has 0 radical (unpaired) electrons. The van der Waals surface area contributed by atoms with Gasteiger partial charge in [-0.15, -0.1) is 0 Å². The van der Waals surface area contributed by atoms with Crippen LogP contribution in [0.1, 0.15) is 24.8 Å². The highest BCUT2D eigenvalue weighted by Gasteiger charge is 2.17. The molecule has 0 nitrogen and oxygen atoms in total. The zero-order valence-corrected chi connectivity index (χ0v) is 8.56. The van der Waals surface area contributed by atoms with Gasteiger partial charge in [0.05, 0.1) is 0 Å². The third kappa shape index (κ3) is 1.79. The van der Waals surface area contributed by atoms with Crippen molar-refractivity contribution in [3.05, 3.63) is 60.2 Å². The van der Waals surface area contributed by atoms with Crippen molar-refractivity contribution in [2.75, 3.05) is 0 Å². The normalized spacial score (nSPS) is 17.5. The zero-order valence-electron chi connectivity index (χ0n) is 8.56. The minimum atomic E-state index is 0.599. The average Bonchev–Trinajstić information content (AvgIpc) is 2.74. The number of hydrogen-bond donors (Lipinski definition) is 0. The lowest BCUT2D eigenvalue weighted by Crippen LogP contribution is -2.06. The molecule has 0 N–H and O–H groups in total. The van der Waals surface area contributed by atoms with Gasteiger partial charge in [0.15, 0.2) is 0 Å². The highest BCUT2D eigenvalue weighted by molar-refractivity contribution is 5.28. The molecule has 0 aliphatic heterocycles. The predicted molar refractivity (Wildman–Crippen MR) is 61.2 cm³/mol. The van der Waals surface area contributed by atoms with E-state index in [1.165, 1.54) is 12.0 Å². The van der Waals surface area contributed by atoms with Crippen molar-refractivity contribution in [3.8, 4) is 0 Å². The van der Waals surface area contributed by atoms with Crippen molar-refractivity contribution in [2.24, 2.45) is 5.92 Å². The molecule has 0 fully saturated rings. The second-order valence-corrected chi connectivity index (χ2v) is 3.77. The molecular weight excluding hydrogens is 168 g/mol. The first kappa shape index (κ1) is 9.26. The van der Waals surface area contributed by atoms with Crippen molar-refractivity contribution in [1.29, 1.82) is 0 Å². The van der Waals surface area contributed by atoms with E-state index in [9.17, 15) is 0 Å². The average molecular weight is 184 g/mol. The molecule has 0 heteroatoms. The summed E-state index contributed by atoms with van der Waals surface area (Å²) in [5.74, 6) is 1.24. The van der Waals surface area contributed by atoms with Gasteiger partial charge in [0.1, 0.15) is 0 Å². The lowest BCUT2D eigenvalue weighted by molar-refractivity contribution is 0.579. The van der Waals surface area contributed by atoms with E-state index in [1.807, 2.05) is 0 Å². The summed E-state index contributed by atoms with van der Waals surface area (Å²) in [4.78, 5) is 0. The summed E-state index contributed by atoms with van der Waals surface area (Å²) in [6.07, 6.45) is 10.1. The second kappa shape index (κ2) is 4.28. The van der Waals surface area contributed by atoms with Gasteiger partial charge in [0.25, 0.3) is 0 Å². The van der Waals surface area contributed by atoms with Gasteiger partial charge in [-0.3, -0.25) is 0 Å². The standard InChI is InChI=1S/C14H16/c1-2-14(13-10-6-7-11-13)12-8-4-3-5-9-12/h3-11,13-14H,2H2,1H3. The summed E-state index contributed by atoms with van der Waals surface area (Å²) >= 11 is 0. The van der Waals surface area contributed by atoms with Crippen LogP contribution in [0.3, 0.4) is 0 Å². The van der Waals surface area contributed by atoms with E-state index < -0.39 is 0 Å². The van der Waals surface area contributed by atoms with E-state index in [1.54, 1.807) is 0 Å². The molecule has 0 amide bonds. The first-order valence-corrected chi connectivity index (χ1v) is 5.31. The fraction of sp³-hybridized carbons (Fsp3) is 0.286. The third-order valence-corrected chi connectivity index (χ3v) is 2.91. The summed E-state index contributed by atoms with van der Waals surface area (Å²) in [6.45, 7) is 2.26. The van der Waals surface area contributed by atoms with Crippen LogP contribution in [-0.4, -0.2) is 0 Å². The summed E-state index contributed by atoms with van der Waals surface area (Å²) < 4.78 is 0. The Morgan fingerprint density at radius 2 is 1.71 bits per heavy atom. The molecule has 0 saturated heterocycles. The molecule has 0 saturated carbocycles. The molecule has 1 aromatic rings. The Bertz CT molecular complexity index is 320. The summed E-state index contributed by atoms with van der Waals surface area (Å²) in [5, 5.41) is 0. The fourth-order valence-corrected chi connectivity index (χ4v) is 2.15. The molecule has 0 spiro atoms. The lowest BCUT2D eigenvalue weighted by Gasteiger charge is -2.19. The van der Waals surface area contributed by atoms with E-state index in [0.717, 1.165) is 0 Å². The molecule has 1 atom stereocenters. The highest BCUT2D eigenvalue weighted by Crippen LogP contribution is 2.31. The zero-order chi connectivity index (χ0) is 9.80. The van der Waals surface area contributed by atoms with Crippen LogP contribution in [-0.2, 0) is 0 Å². The minimum absolute atomic E-state index is 0.599. The van der Waals surface area contributed by atoms with Crippen LogP contribution in [0.5, 0.6) is 0 Å². The molecule has 2 rings (SSSR count). The SMILES string of the molecule is CCC(c1ccccc1)C1C=CC=C1. The molecule has 1 aliphatic carbocycles. The number of hydrogen-bond acceptors (Lipinski definition) is 0. The molecule has 72 valence electrons. The molecule has 0 aromatic heterocycles. The third-order valence-electron chi connectivity index (χ3n) is 2.91. The van der Waals surface area contributed by atoms with Crippen molar-refractivity contribution < 1.29 is 0 Å². The van der Waals surface area contributed by atoms with Crippen LogP contribution in [0.4, 0.5) is 0 Å². The molecule has 0 heterocycles.